The third kappa shape index (κ3) is 2.38. The lowest BCUT2D eigenvalue weighted by molar-refractivity contribution is 0.384. The van der Waals surface area contributed by atoms with Crippen molar-refractivity contribution in [2.24, 2.45) is 0 Å². The molecule has 100 valence electrons. The van der Waals surface area contributed by atoms with Crippen molar-refractivity contribution in [2.45, 2.75) is 35.6 Å². The van der Waals surface area contributed by atoms with Gasteiger partial charge in [-0.05, 0) is 47.3 Å². The van der Waals surface area contributed by atoms with Crippen LogP contribution in [0, 0.1) is 0 Å². The molecule has 2 atom stereocenters. The molecule has 1 aromatic rings. The van der Waals surface area contributed by atoms with Gasteiger partial charge in [0.2, 0.25) is 0 Å². The van der Waals surface area contributed by atoms with Gasteiger partial charge in [-0.3, -0.25) is 0 Å². The van der Waals surface area contributed by atoms with E-state index in [0.29, 0.717) is 29.4 Å². The Morgan fingerprint density at radius 2 is 2.06 bits per heavy atom. The molecule has 0 radical (unpaired) electrons. The predicted molar refractivity (Wildman–Crippen MR) is 75.3 cm³/mol. The maximum Gasteiger partial charge on any atom is 0.252 e. The summed E-state index contributed by atoms with van der Waals surface area (Å²) in [5, 5.41) is 3.50. The molecule has 3 heterocycles. The third-order valence-corrected chi connectivity index (χ3v) is 7.58. The Morgan fingerprint density at radius 1 is 1.28 bits per heavy atom. The highest BCUT2D eigenvalue weighted by Gasteiger charge is 2.35. The smallest absolute Gasteiger partial charge is 0.252 e. The molecule has 4 nitrogen and oxygen atoms in total. The molecule has 7 heteroatoms. The van der Waals surface area contributed by atoms with Gasteiger partial charge in [-0.15, -0.1) is 11.3 Å². The van der Waals surface area contributed by atoms with Gasteiger partial charge >= 0.3 is 0 Å². The minimum absolute atomic E-state index is 0.329. The fourth-order valence-electron chi connectivity index (χ4n) is 2.69. The third-order valence-electron chi connectivity index (χ3n) is 3.63. The second-order valence-corrected chi connectivity index (χ2v) is 9.48. The second-order valence-electron chi connectivity index (χ2n) is 4.85. The van der Waals surface area contributed by atoms with Crippen molar-refractivity contribution in [1.29, 1.82) is 0 Å². The zero-order valence-electron chi connectivity index (χ0n) is 9.80. The lowest BCUT2D eigenvalue weighted by Gasteiger charge is -2.22. The molecular formula is C11H15BrN2O2S2. The first-order chi connectivity index (χ1) is 8.55. The van der Waals surface area contributed by atoms with E-state index in [-0.39, 0.29) is 0 Å². The fraction of sp³-hybridized carbons (Fsp3) is 0.636. The minimum atomic E-state index is -3.31. The number of nitrogens with zero attached hydrogens (tertiary/aromatic N) is 1. The maximum atomic E-state index is 12.5. The molecule has 2 aliphatic heterocycles. The number of hydrogen-bond acceptors (Lipinski definition) is 4. The van der Waals surface area contributed by atoms with Gasteiger partial charge in [0.25, 0.3) is 10.0 Å². The lowest BCUT2D eigenvalue weighted by atomic mass is 10.1. The summed E-state index contributed by atoms with van der Waals surface area (Å²) in [7, 11) is -3.31. The standard InChI is InChI=1S/C11H15BrN2O2S2/c12-10-3-4-11(17-10)18(15,16)14-6-5-8-1-2-9(7-14)13-8/h3-4,8-9,13H,1-2,5-7H2. The van der Waals surface area contributed by atoms with Gasteiger partial charge in [0.1, 0.15) is 4.21 Å². The summed E-state index contributed by atoms with van der Waals surface area (Å²) in [5.74, 6) is 0. The molecule has 1 N–H and O–H groups in total. The van der Waals surface area contributed by atoms with Crippen LogP contribution in [0.5, 0.6) is 0 Å². The monoisotopic (exact) mass is 350 g/mol. The normalized spacial score (nSPS) is 29.4. The quantitative estimate of drug-likeness (QED) is 0.887. The lowest BCUT2D eigenvalue weighted by Crippen LogP contribution is -2.38. The van der Waals surface area contributed by atoms with E-state index in [1.54, 1.807) is 16.4 Å². The van der Waals surface area contributed by atoms with Crippen LogP contribution in [-0.2, 0) is 10.0 Å². The Hall–Kier alpha value is 0.0500. The van der Waals surface area contributed by atoms with Gasteiger partial charge in [0, 0.05) is 25.2 Å². The van der Waals surface area contributed by atoms with Gasteiger partial charge in [0.05, 0.1) is 3.79 Å². The molecule has 2 aliphatic rings. The Kier molecular flexibility index (Phi) is 3.53. The molecule has 18 heavy (non-hydrogen) atoms. The molecule has 3 rings (SSSR count). The van der Waals surface area contributed by atoms with E-state index in [2.05, 4.69) is 21.2 Å². The average molecular weight is 351 g/mol. The van der Waals surface area contributed by atoms with Crippen LogP contribution < -0.4 is 5.32 Å². The van der Waals surface area contributed by atoms with Crippen LogP contribution in [0.3, 0.4) is 0 Å². The van der Waals surface area contributed by atoms with Gasteiger partial charge in [0.15, 0.2) is 0 Å². The van der Waals surface area contributed by atoms with E-state index in [1.807, 2.05) is 0 Å². The van der Waals surface area contributed by atoms with Crippen molar-refractivity contribution in [3.63, 3.8) is 0 Å². The van der Waals surface area contributed by atoms with E-state index in [0.717, 1.165) is 16.6 Å². The van der Waals surface area contributed by atoms with Gasteiger partial charge in [-0.1, -0.05) is 0 Å². The number of thiophene rings is 1. The summed E-state index contributed by atoms with van der Waals surface area (Å²) in [4.78, 5) is 0. The Labute approximate surface area is 120 Å². The topological polar surface area (TPSA) is 49.4 Å². The summed E-state index contributed by atoms with van der Waals surface area (Å²) < 4.78 is 28.0. The molecule has 0 aliphatic carbocycles. The fourth-order valence-corrected chi connectivity index (χ4v) is 6.36. The molecule has 2 saturated heterocycles. The van der Waals surface area contributed by atoms with Crippen molar-refractivity contribution in [2.75, 3.05) is 13.1 Å². The van der Waals surface area contributed by atoms with Crippen molar-refractivity contribution in [1.82, 2.24) is 9.62 Å². The van der Waals surface area contributed by atoms with E-state index < -0.39 is 10.0 Å². The number of halogens is 1. The molecule has 0 saturated carbocycles. The molecule has 1 aromatic heterocycles. The first-order valence-electron chi connectivity index (χ1n) is 6.07. The van der Waals surface area contributed by atoms with Gasteiger partial charge in [-0.25, -0.2) is 8.42 Å². The highest BCUT2D eigenvalue weighted by Crippen LogP contribution is 2.30. The minimum Gasteiger partial charge on any atom is -0.310 e. The predicted octanol–water partition coefficient (Wildman–Crippen LogP) is 2.03. The molecule has 2 fully saturated rings. The van der Waals surface area contributed by atoms with Crippen molar-refractivity contribution < 1.29 is 8.42 Å². The summed E-state index contributed by atoms with van der Waals surface area (Å²) in [5.41, 5.74) is 0. The number of fused-ring (bicyclic) bond motifs is 2. The highest BCUT2D eigenvalue weighted by molar-refractivity contribution is 9.11. The summed E-state index contributed by atoms with van der Waals surface area (Å²) in [6.45, 7) is 1.24. The Balaban J connectivity index is 1.85. The molecule has 0 amide bonds. The van der Waals surface area contributed by atoms with Gasteiger partial charge < -0.3 is 5.32 Å². The summed E-state index contributed by atoms with van der Waals surface area (Å²) >= 11 is 4.60. The summed E-state index contributed by atoms with van der Waals surface area (Å²) in [6.07, 6.45) is 3.19. The maximum absolute atomic E-state index is 12.5. The number of sulfonamides is 1. The zero-order valence-corrected chi connectivity index (χ0v) is 13.0. The van der Waals surface area contributed by atoms with E-state index >= 15 is 0 Å². The van der Waals surface area contributed by atoms with E-state index in [4.69, 9.17) is 0 Å². The van der Waals surface area contributed by atoms with E-state index in [1.165, 1.54) is 17.8 Å². The molecule has 2 unspecified atom stereocenters. The Bertz CT molecular complexity index is 543. The zero-order chi connectivity index (χ0) is 12.8. The van der Waals surface area contributed by atoms with Crippen LogP contribution in [0.15, 0.2) is 20.1 Å². The van der Waals surface area contributed by atoms with Crippen LogP contribution >= 0.6 is 27.3 Å². The van der Waals surface area contributed by atoms with Crippen LogP contribution in [0.2, 0.25) is 0 Å². The van der Waals surface area contributed by atoms with Crippen LogP contribution in [0.4, 0.5) is 0 Å². The van der Waals surface area contributed by atoms with Crippen LogP contribution in [0.25, 0.3) is 0 Å². The number of nitrogens with one attached hydrogen (secondary N) is 1. The SMILES string of the molecule is O=S(=O)(c1ccc(Br)s1)N1CCC2CCC(C1)N2. The molecule has 0 spiro atoms. The van der Waals surface area contributed by atoms with Crippen LogP contribution in [0.1, 0.15) is 19.3 Å². The number of rotatable bonds is 2. The number of hydrogen-bond donors (Lipinski definition) is 1. The largest absolute Gasteiger partial charge is 0.310 e. The Morgan fingerprint density at radius 3 is 2.78 bits per heavy atom. The molecule has 2 bridgehead atoms. The molecular weight excluding hydrogens is 336 g/mol. The van der Waals surface area contributed by atoms with Crippen LogP contribution in [-0.4, -0.2) is 37.9 Å². The summed E-state index contributed by atoms with van der Waals surface area (Å²) in [6, 6.07) is 4.31. The van der Waals surface area contributed by atoms with Gasteiger partial charge in [-0.2, -0.15) is 4.31 Å². The highest BCUT2D eigenvalue weighted by atomic mass is 79.9. The first kappa shape index (κ1) is 13.1. The van der Waals surface area contributed by atoms with Crippen molar-refractivity contribution in [3.8, 4) is 0 Å². The van der Waals surface area contributed by atoms with Crippen molar-refractivity contribution >= 4 is 37.3 Å². The second kappa shape index (κ2) is 4.86. The molecule has 0 aromatic carbocycles. The first-order valence-corrected chi connectivity index (χ1v) is 9.12. The average Bonchev–Trinajstić information content (AvgIpc) is 2.85. The van der Waals surface area contributed by atoms with Crippen molar-refractivity contribution in [3.05, 3.63) is 15.9 Å². The van der Waals surface area contributed by atoms with E-state index in [9.17, 15) is 8.42 Å².